The highest BCUT2D eigenvalue weighted by atomic mass is 19.1. The van der Waals surface area contributed by atoms with E-state index in [-0.39, 0.29) is 22.0 Å². The first-order chi connectivity index (χ1) is 13.5. The van der Waals surface area contributed by atoms with Crippen molar-refractivity contribution in [2.45, 2.75) is 13.0 Å². The molecular weight excluding hydrogens is 360 g/mol. The minimum atomic E-state index is -0.583. The number of benzene rings is 1. The van der Waals surface area contributed by atoms with Crippen LogP contribution in [0.1, 0.15) is 28.4 Å². The molecule has 0 saturated heterocycles. The highest BCUT2D eigenvalue weighted by Crippen LogP contribution is 2.28. The third-order valence-corrected chi connectivity index (χ3v) is 4.41. The lowest BCUT2D eigenvalue weighted by Crippen LogP contribution is -2.10. The second-order valence-electron chi connectivity index (χ2n) is 6.27. The molecule has 144 valence electrons. The van der Waals surface area contributed by atoms with Crippen molar-refractivity contribution in [3.63, 3.8) is 0 Å². The van der Waals surface area contributed by atoms with Crippen LogP contribution < -0.4 is 5.32 Å². The van der Waals surface area contributed by atoms with E-state index >= 15 is 0 Å². The van der Waals surface area contributed by atoms with Crippen LogP contribution in [0, 0.1) is 24.0 Å². The van der Waals surface area contributed by atoms with Crippen LogP contribution in [0.15, 0.2) is 48.9 Å². The average molecular weight is 381 g/mol. The van der Waals surface area contributed by atoms with Crippen molar-refractivity contribution in [3.8, 4) is 23.7 Å². The quantitative estimate of drug-likeness (QED) is 0.478. The van der Waals surface area contributed by atoms with Gasteiger partial charge in [0.2, 0.25) is 0 Å². The van der Waals surface area contributed by atoms with Crippen LogP contribution in [-0.2, 0) is 0 Å². The number of fused-ring (bicyclic) bond motifs is 1. The Labute approximate surface area is 164 Å². The SMILES string of the molecule is C#Cc1cnc2[nH]cc(-c3ncc(F)c(N[C@@H](C)c4ccc(F)cc4)n3)c2c1.[HH].[HH].[HH]. The zero-order chi connectivity index (χ0) is 19.7. The molecule has 0 bridgehead atoms. The summed E-state index contributed by atoms with van der Waals surface area (Å²) < 4.78 is 27.4. The molecule has 0 saturated carbocycles. The molecule has 0 radical (unpaired) electrons. The molecule has 3 heterocycles. The standard InChI is InChI=1S/C21H15F2N5.3H2/c1-3-13-8-16-17(10-25-19(16)24-9-13)20-26-11-18(23)21(28-20)27-12(2)14-4-6-15(22)7-5-14;;;/h1,4-12H,2H3,(H,24,25)(H,26,27,28);3*1H/t12-;;;/m0.../s1. The summed E-state index contributed by atoms with van der Waals surface area (Å²) in [7, 11) is 0. The summed E-state index contributed by atoms with van der Waals surface area (Å²) in [6.07, 6.45) is 9.85. The maximum Gasteiger partial charge on any atom is 0.183 e. The lowest BCUT2D eigenvalue weighted by molar-refractivity contribution is 0.613. The first kappa shape index (κ1) is 17.6. The highest BCUT2D eigenvalue weighted by Gasteiger charge is 2.15. The summed E-state index contributed by atoms with van der Waals surface area (Å²) in [5.41, 5.74) is 2.72. The fourth-order valence-electron chi connectivity index (χ4n) is 2.91. The smallest absolute Gasteiger partial charge is 0.183 e. The monoisotopic (exact) mass is 381 g/mol. The van der Waals surface area contributed by atoms with Gasteiger partial charge in [0, 0.05) is 33.2 Å². The van der Waals surface area contributed by atoms with E-state index in [4.69, 9.17) is 6.42 Å². The molecule has 1 atom stereocenters. The number of terminal acetylenes is 1. The van der Waals surface area contributed by atoms with E-state index in [0.717, 1.165) is 17.1 Å². The normalized spacial score (nSPS) is 11.9. The summed E-state index contributed by atoms with van der Waals surface area (Å²) in [6.45, 7) is 1.84. The van der Waals surface area contributed by atoms with Crippen molar-refractivity contribution in [1.29, 1.82) is 0 Å². The lowest BCUT2D eigenvalue weighted by atomic mass is 10.1. The summed E-state index contributed by atoms with van der Waals surface area (Å²) in [6, 6.07) is 7.51. The molecule has 28 heavy (non-hydrogen) atoms. The number of rotatable bonds is 4. The summed E-state index contributed by atoms with van der Waals surface area (Å²) in [5, 5.41) is 3.76. The molecule has 0 aliphatic carbocycles. The zero-order valence-corrected chi connectivity index (χ0v) is 14.9. The predicted octanol–water partition coefficient (Wildman–Crippen LogP) is 5.19. The van der Waals surface area contributed by atoms with E-state index < -0.39 is 5.82 Å². The van der Waals surface area contributed by atoms with Gasteiger partial charge in [0.1, 0.15) is 11.5 Å². The van der Waals surface area contributed by atoms with Gasteiger partial charge in [0.15, 0.2) is 17.5 Å². The molecule has 0 unspecified atom stereocenters. The van der Waals surface area contributed by atoms with Crippen LogP contribution in [0.4, 0.5) is 14.6 Å². The molecular formula is C21H21F2N5. The van der Waals surface area contributed by atoms with Crippen LogP contribution in [0.2, 0.25) is 0 Å². The van der Waals surface area contributed by atoms with Gasteiger partial charge >= 0.3 is 0 Å². The van der Waals surface area contributed by atoms with Gasteiger partial charge in [0.05, 0.1) is 12.2 Å². The van der Waals surface area contributed by atoms with Crippen molar-refractivity contribution in [1.82, 2.24) is 19.9 Å². The van der Waals surface area contributed by atoms with Crippen LogP contribution in [0.3, 0.4) is 0 Å². The summed E-state index contributed by atoms with van der Waals surface area (Å²) in [5.74, 6) is 2.01. The number of pyridine rings is 1. The maximum absolute atomic E-state index is 14.3. The molecule has 0 aliphatic rings. The largest absolute Gasteiger partial charge is 0.361 e. The van der Waals surface area contributed by atoms with Gasteiger partial charge in [-0.15, -0.1) is 6.42 Å². The second-order valence-corrected chi connectivity index (χ2v) is 6.27. The maximum atomic E-state index is 14.3. The fraction of sp³-hybridized carbons (Fsp3) is 0.0952. The summed E-state index contributed by atoms with van der Waals surface area (Å²) >= 11 is 0. The van der Waals surface area contributed by atoms with E-state index in [9.17, 15) is 8.78 Å². The van der Waals surface area contributed by atoms with Gasteiger partial charge in [-0.05, 0) is 30.7 Å². The number of anilines is 1. The first-order valence-electron chi connectivity index (χ1n) is 8.54. The Bertz CT molecular complexity index is 1210. The van der Waals surface area contributed by atoms with Crippen LogP contribution >= 0.6 is 0 Å². The third kappa shape index (κ3) is 3.28. The molecule has 3 aromatic heterocycles. The van der Waals surface area contributed by atoms with Crippen LogP contribution in [0.5, 0.6) is 0 Å². The Hall–Kier alpha value is -3.79. The minimum absolute atomic E-state index is 0. The number of nitrogens with zero attached hydrogens (tertiary/aromatic N) is 3. The molecule has 5 nitrogen and oxygen atoms in total. The Morgan fingerprint density at radius 2 is 1.96 bits per heavy atom. The van der Waals surface area contributed by atoms with E-state index in [1.165, 1.54) is 12.1 Å². The topological polar surface area (TPSA) is 66.5 Å². The van der Waals surface area contributed by atoms with Crippen molar-refractivity contribution in [3.05, 3.63) is 71.7 Å². The number of aromatic amines is 1. The number of hydrogen-bond donors (Lipinski definition) is 2. The van der Waals surface area contributed by atoms with Crippen molar-refractivity contribution in [2.24, 2.45) is 0 Å². The summed E-state index contributed by atoms with van der Waals surface area (Å²) in [4.78, 5) is 15.7. The molecule has 0 aliphatic heterocycles. The van der Waals surface area contributed by atoms with E-state index in [1.807, 2.05) is 6.92 Å². The number of halogens is 2. The lowest BCUT2D eigenvalue weighted by Gasteiger charge is -2.15. The Morgan fingerprint density at radius 1 is 1.18 bits per heavy atom. The van der Waals surface area contributed by atoms with Crippen LogP contribution in [0.25, 0.3) is 22.4 Å². The van der Waals surface area contributed by atoms with Crippen molar-refractivity contribution >= 4 is 16.9 Å². The van der Waals surface area contributed by atoms with E-state index in [1.54, 1.807) is 30.6 Å². The Balaban J connectivity index is 0.00000160. The number of hydrogen-bond acceptors (Lipinski definition) is 4. The second kappa shape index (κ2) is 7.08. The predicted molar refractivity (Wildman–Crippen MR) is 110 cm³/mol. The van der Waals surface area contributed by atoms with E-state index in [2.05, 4.69) is 31.2 Å². The Kier molecular flexibility index (Phi) is 4.45. The number of H-pyrrole nitrogens is 1. The van der Waals surface area contributed by atoms with Gasteiger partial charge in [-0.25, -0.2) is 23.7 Å². The minimum Gasteiger partial charge on any atom is -0.361 e. The van der Waals surface area contributed by atoms with E-state index in [0.29, 0.717) is 22.6 Å². The van der Waals surface area contributed by atoms with Gasteiger partial charge in [-0.3, -0.25) is 0 Å². The molecule has 4 rings (SSSR count). The van der Waals surface area contributed by atoms with Crippen LogP contribution in [-0.4, -0.2) is 19.9 Å². The zero-order valence-electron chi connectivity index (χ0n) is 14.9. The number of nitrogens with one attached hydrogen (secondary N) is 2. The van der Waals surface area contributed by atoms with Gasteiger partial charge in [0.25, 0.3) is 0 Å². The van der Waals surface area contributed by atoms with Gasteiger partial charge < -0.3 is 10.3 Å². The first-order valence-corrected chi connectivity index (χ1v) is 8.54. The third-order valence-electron chi connectivity index (χ3n) is 4.41. The molecule has 4 aromatic rings. The highest BCUT2D eigenvalue weighted by molar-refractivity contribution is 5.92. The fourth-order valence-corrected chi connectivity index (χ4v) is 2.91. The number of aromatic nitrogens is 4. The van der Waals surface area contributed by atoms with Gasteiger partial charge in [-0.2, -0.15) is 0 Å². The van der Waals surface area contributed by atoms with Crippen molar-refractivity contribution < 1.29 is 13.1 Å². The Morgan fingerprint density at radius 3 is 2.71 bits per heavy atom. The molecule has 0 fully saturated rings. The molecule has 0 spiro atoms. The average Bonchev–Trinajstić information content (AvgIpc) is 3.13. The van der Waals surface area contributed by atoms with Crippen molar-refractivity contribution in [2.75, 3.05) is 5.32 Å². The molecule has 1 aromatic carbocycles. The molecule has 0 amide bonds. The molecule has 2 N–H and O–H groups in total. The molecule has 7 heteroatoms. The van der Waals surface area contributed by atoms with Gasteiger partial charge in [-0.1, -0.05) is 18.1 Å².